The predicted octanol–water partition coefficient (Wildman–Crippen LogP) is 1.74. The Labute approximate surface area is 168 Å². The Hall–Kier alpha value is -3.52. The minimum absolute atomic E-state index is 0.202. The van der Waals surface area contributed by atoms with E-state index < -0.39 is 5.97 Å². The molecule has 0 bridgehead atoms. The maximum atomic E-state index is 13.2. The maximum Gasteiger partial charge on any atom is 0.326 e. The molecule has 8 heteroatoms. The molecule has 0 saturated heterocycles. The first-order chi connectivity index (χ1) is 14.1. The Kier molecular flexibility index (Phi) is 3.95. The zero-order valence-electron chi connectivity index (χ0n) is 15.4. The van der Waals surface area contributed by atoms with E-state index in [1.54, 1.807) is 31.2 Å². The highest BCUT2D eigenvalue weighted by molar-refractivity contribution is 7.15. The normalized spacial score (nSPS) is 15.3. The van der Waals surface area contributed by atoms with Crippen LogP contribution in [0.5, 0.6) is 0 Å². The fourth-order valence-corrected chi connectivity index (χ4v) is 4.73. The number of amides is 1. The summed E-state index contributed by atoms with van der Waals surface area (Å²) in [5, 5.41) is 0. The van der Waals surface area contributed by atoms with Crippen LogP contribution in [0.3, 0.4) is 0 Å². The largest absolute Gasteiger partial charge is 0.465 e. The van der Waals surface area contributed by atoms with Crippen molar-refractivity contribution in [2.24, 2.45) is 0 Å². The summed E-state index contributed by atoms with van der Waals surface area (Å²) in [6, 6.07) is 14.5. The number of carbonyl (C=O) groups excluding carboxylic acids is 2. The lowest BCUT2D eigenvalue weighted by Crippen LogP contribution is -2.36. The lowest BCUT2D eigenvalue weighted by molar-refractivity contribution is -0.142. The molecule has 4 aromatic rings. The van der Waals surface area contributed by atoms with E-state index >= 15 is 0 Å². The second-order valence-electron chi connectivity index (χ2n) is 6.54. The fourth-order valence-electron chi connectivity index (χ4n) is 3.66. The van der Waals surface area contributed by atoms with Crippen molar-refractivity contribution in [3.05, 3.63) is 69.0 Å². The number of anilines is 1. The molecule has 7 nitrogen and oxygen atoms in total. The summed E-state index contributed by atoms with van der Waals surface area (Å²) in [7, 11) is 0. The standard InChI is InChI=1S/C21H15N3O4S/c1-2-28-16(25)11-23-14-9-5-3-7-12(14)17(19(23)26)18-20(27)24-15-10-6-4-8-13(15)22-21(24)29-18/h3-10H,2,11H2,1H3. The molecule has 0 aliphatic carbocycles. The molecule has 0 unspecified atom stereocenters. The second kappa shape index (κ2) is 6.52. The summed E-state index contributed by atoms with van der Waals surface area (Å²) < 4.78 is 6.86. The van der Waals surface area contributed by atoms with Gasteiger partial charge in [-0.3, -0.25) is 19.3 Å². The molecule has 29 heavy (non-hydrogen) atoms. The van der Waals surface area contributed by atoms with E-state index in [1.807, 2.05) is 24.3 Å². The molecule has 3 heterocycles. The highest BCUT2D eigenvalue weighted by atomic mass is 32.1. The van der Waals surface area contributed by atoms with Gasteiger partial charge in [-0.05, 0) is 25.1 Å². The van der Waals surface area contributed by atoms with Crippen molar-refractivity contribution in [1.82, 2.24) is 9.38 Å². The van der Waals surface area contributed by atoms with E-state index in [0.717, 1.165) is 5.52 Å². The van der Waals surface area contributed by atoms with Crippen molar-refractivity contribution in [3.63, 3.8) is 0 Å². The van der Waals surface area contributed by atoms with Gasteiger partial charge in [0.15, 0.2) is 4.96 Å². The predicted molar refractivity (Wildman–Crippen MR) is 110 cm³/mol. The topological polar surface area (TPSA) is 81.0 Å². The van der Waals surface area contributed by atoms with Crippen molar-refractivity contribution in [2.75, 3.05) is 18.1 Å². The van der Waals surface area contributed by atoms with Crippen molar-refractivity contribution in [3.8, 4) is 0 Å². The lowest BCUT2D eigenvalue weighted by atomic mass is 10.1. The number of carbonyl (C=O) groups is 2. The number of benzene rings is 2. The van der Waals surface area contributed by atoms with Crippen LogP contribution in [-0.4, -0.2) is 34.4 Å². The number of para-hydroxylation sites is 3. The Balaban J connectivity index is 1.76. The maximum absolute atomic E-state index is 13.2. The summed E-state index contributed by atoms with van der Waals surface area (Å²) >= 11 is 1.18. The minimum atomic E-state index is -0.494. The third-order valence-electron chi connectivity index (χ3n) is 4.86. The number of hydrogen-bond acceptors (Lipinski definition) is 6. The van der Waals surface area contributed by atoms with E-state index in [4.69, 9.17) is 4.74 Å². The zero-order valence-corrected chi connectivity index (χ0v) is 16.2. The first-order valence-corrected chi connectivity index (χ1v) is 9.93. The first kappa shape index (κ1) is 17.6. The highest BCUT2D eigenvalue weighted by Gasteiger charge is 2.35. The van der Waals surface area contributed by atoms with Gasteiger partial charge in [0.05, 0.1) is 28.9 Å². The van der Waals surface area contributed by atoms with Crippen LogP contribution in [0.2, 0.25) is 0 Å². The molecule has 2 aromatic heterocycles. The molecule has 0 saturated carbocycles. The number of fused-ring (bicyclic) bond motifs is 4. The molecule has 1 amide bonds. The number of imidazole rings is 1. The van der Waals surface area contributed by atoms with E-state index in [9.17, 15) is 14.4 Å². The van der Waals surface area contributed by atoms with Crippen LogP contribution in [-0.2, 0) is 14.3 Å². The van der Waals surface area contributed by atoms with Crippen LogP contribution in [0.4, 0.5) is 5.69 Å². The van der Waals surface area contributed by atoms with Gasteiger partial charge in [-0.1, -0.05) is 41.7 Å². The number of aromatic nitrogens is 2. The second-order valence-corrected chi connectivity index (χ2v) is 7.52. The molecule has 1 aliphatic heterocycles. The monoisotopic (exact) mass is 405 g/mol. The lowest BCUT2D eigenvalue weighted by Gasteiger charge is -2.15. The Bertz CT molecular complexity index is 1420. The summed E-state index contributed by atoms with van der Waals surface area (Å²) in [6.45, 7) is 1.75. The van der Waals surface area contributed by atoms with Gasteiger partial charge in [0.2, 0.25) is 0 Å². The zero-order chi connectivity index (χ0) is 20.1. The van der Waals surface area contributed by atoms with E-state index in [-0.39, 0.29) is 24.6 Å². The average molecular weight is 405 g/mol. The molecule has 0 N–H and O–H groups in total. The third kappa shape index (κ3) is 2.56. The quantitative estimate of drug-likeness (QED) is 0.485. The number of rotatable bonds is 3. The van der Waals surface area contributed by atoms with E-state index in [1.165, 1.54) is 20.6 Å². The SMILES string of the molecule is CCOC(=O)CN1C(=O)C(=c2sc3nc4ccccc4n3c2=O)c2ccccc21. The molecule has 1 aliphatic rings. The van der Waals surface area contributed by atoms with Crippen molar-refractivity contribution in [2.45, 2.75) is 6.92 Å². The molecule has 0 atom stereocenters. The average Bonchev–Trinajstić information content (AvgIpc) is 3.32. The van der Waals surface area contributed by atoms with Crippen LogP contribution in [0.15, 0.2) is 53.3 Å². The van der Waals surface area contributed by atoms with Gasteiger partial charge in [-0.15, -0.1) is 0 Å². The molecule has 144 valence electrons. The fraction of sp³-hybridized carbons (Fsp3) is 0.143. The molecule has 0 spiro atoms. The smallest absolute Gasteiger partial charge is 0.326 e. The number of thiazole rings is 1. The van der Waals surface area contributed by atoms with Gasteiger partial charge in [0.1, 0.15) is 11.1 Å². The number of esters is 1. The third-order valence-corrected chi connectivity index (χ3v) is 5.90. The first-order valence-electron chi connectivity index (χ1n) is 9.11. The van der Waals surface area contributed by atoms with Gasteiger partial charge in [-0.2, -0.15) is 0 Å². The molecule has 0 radical (unpaired) electrons. The van der Waals surface area contributed by atoms with Crippen molar-refractivity contribution < 1.29 is 14.3 Å². The summed E-state index contributed by atoms with van der Waals surface area (Å²) in [5.41, 5.74) is 2.68. The van der Waals surface area contributed by atoms with Crippen LogP contribution in [0.25, 0.3) is 21.6 Å². The molecular weight excluding hydrogens is 390 g/mol. The van der Waals surface area contributed by atoms with Gasteiger partial charge < -0.3 is 4.74 Å². The van der Waals surface area contributed by atoms with Crippen LogP contribution in [0, 0.1) is 0 Å². The van der Waals surface area contributed by atoms with Crippen molar-refractivity contribution >= 4 is 50.5 Å². The van der Waals surface area contributed by atoms with Gasteiger partial charge >= 0.3 is 5.97 Å². The number of hydrogen-bond donors (Lipinski definition) is 0. The van der Waals surface area contributed by atoms with Gasteiger partial charge in [0, 0.05) is 5.56 Å². The summed E-state index contributed by atoms with van der Waals surface area (Å²) in [4.78, 5) is 44.9. The highest BCUT2D eigenvalue weighted by Crippen LogP contribution is 2.35. The Morgan fingerprint density at radius 1 is 1.10 bits per heavy atom. The Morgan fingerprint density at radius 2 is 1.86 bits per heavy atom. The van der Waals surface area contributed by atoms with Gasteiger partial charge in [-0.25, -0.2) is 9.38 Å². The summed E-state index contributed by atoms with van der Waals surface area (Å²) in [6.07, 6.45) is 0. The summed E-state index contributed by atoms with van der Waals surface area (Å²) in [5.74, 6) is -0.878. The molecule has 2 aromatic carbocycles. The number of ether oxygens (including phenoxy) is 1. The van der Waals surface area contributed by atoms with Crippen LogP contribution < -0.4 is 15.0 Å². The van der Waals surface area contributed by atoms with Crippen LogP contribution in [0.1, 0.15) is 12.5 Å². The van der Waals surface area contributed by atoms with Crippen LogP contribution >= 0.6 is 11.3 Å². The number of nitrogens with zero attached hydrogens (tertiary/aromatic N) is 3. The van der Waals surface area contributed by atoms with E-state index in [2.05, 4.69) is 4.98 Å². The Morgan fingerprint density at radius 3 is 2.69 bits per heavy atom. The molecule has 5 rings (SSSR count). The van der Waals surface area contributed by atoms with Gasteiger partial charge in [0.25, 0.3) is 11.5 Å². The minimum Gasteiger partial charge on any atom is -0.465 e. The van der Waals surface area contributed by atoms with E-state index in [0.29, 0.717) is 31.8 Å². The molecule has 0 fully saturated rings. The molecular formula is C21H15N3O4S. The van der Waals surface area contributed by atoms with Crippen molar-refractivity contribution in [1.29, 1.82) is 0 Å².